The summed E-state index contributed by atoms with van der Waals surface area (Å²) in [6.07, 6.45) is 3.38. The van der Waals surface area contributed by atoms with Crippen LogP contribution in [-0.2, 0) is 22.6 Å². The average Bonchev–Trinajstić information content (AvgIpc) is 3.44. The molecule has 6 nitrogen and oxygen atoms in total. The molecule has 2 amide bonds. The minimum atomic E-state index is -0.633. The van der Waals surface area contributed by atoms with Crippen LogP contribution in [0.2, 0.25) is 0 Å². The number of hydrogen-bond acceptors (Lipinski definition) is 3. The smallest absolute Gasteiger partial charge is 0.228 e. The summed E-state index contributed by atoms with van der Waals surface area (Å²) in [6.45, 7) is 5.65. The molecular weight excluding hydrogens is 412 g/mol. The summed E-state index contributed by atoms with van der Waals surface area (Å²) in [5, 5.41) is 7.13. The standard InChI is InChI=1S/C27H32N4O2/c1-20-7-6-9-22(17-20)24-10-5-4-8-23(24)18-27(26(33)28-3)13-16-30(19-27)25(32)12-15-31-21(2)11-14-29-31/h4-11,14,17H,12-13,15-16,18-19H2,1-3H3,(H,28,33)/t27-/m1/s1. The van der Waals surface area contributed by atoms with E-state index in [1.165, 1.54) is 5.56 Å². The lowest BCUT2D eigenvalue weighted by Crippen LogP contribution is -2.44. The van der Waals surface area contributed by atoms with Crippen LogP contribution in [0.3, 0.4) is 0 Å². The first kappa shape index (κ1) is 22.8. The lowest BCUT2D eigenvalue weighted by atomic mass is 9.78. The molecule has 0 saturated carbocycles. The number of benzene rings is 2. The second-order valence-corrected chi connectivity index (χ2v) is 9.07. The largest absolute Gasteiger partial charge is 0.359 e. The van der Waals surface area contributed by atoms with Crippen LogP contribution in [-0.4, -0.2) is 46.6 Å². The number of carbonyl (C=O) groups excluding carboxylic acids is 2. The molecule has 2 heterocycles. The van der Waals surface area contributed by atoms with Crippen molar-refractivity contribution in [3.63, 3.8) is 0 Å². The summed E-state index contributed by atoms with van der Waals surface area (Å²) >= 11 is 0. The highest BCUT2D eigenvalue weighted by Gasteiger charge is 2.45. The zero-order valence-electron chi connectivity index (χ0n) is 19.7. The Labute approximate surface area is 195 Å². The number of likely N-dealkylation sites (tertiary alicyclic amines) is 1. The normalized spacial score (nSPS) is 17.8. The van der Waals surface area contributed by atoms with Gasteiger partial charge in [-0.15, -0.1) is 0 Å². The zero-order valence-corrected chi connectivity index (χ0v) is 19.7. The summed E-state index contributed by atoms with van der Waals surface area (Å²) in [6, 6.07) is 18.7. The van der Waals surface area contributed by atoms with Crippen LogP contribution in [0.25, 0.3) is 11.1 Å². The Morgan fingerprint density at radius 1 is 1.09 bits per heavy atom. The number of rotatable bonds is 7. The number of nitrogens with one attached hydrogen (secondary N) is 1. The van der Waals surface area contributed by atoms with Crippen LogP contribution >= 0.6 is 0 Å². The maximum Gasteiger partial charge on any atom is 0.228 e. The van der Waals surface area contributed by atoms with Crippen molar-refractivity contribution < 1.29 is 9.59 Å². The van der Waals surface area contributed by atoms with Crippen LogP contribution < -0.4 is 5.32 Å². The van der Waals surface area contributed by atoms with Crippen LogP contribution in [0.5, 0.6) is 0 Å². The van der Waals surface area contributed by atoms with Gasteiger partial charge < -0.3 is 10.2 Å². The van der Waals surface area contributed by atoms with E-state index in [1.807, 2.05) is 34.7 Å². The highest BCUT2D eigenvalue weighted by molar-refractivity contribution is 5.86. The Balaban J connectivity index is 1.54. The minimum Gasteiger partial charge on any atom is -0.359 e. The first-order valence-electron chi connectivity index (χ1n) is 11.6. The van der Waals surface area contributed by atoms with Gasteiger partial charge >= 0.3 is 0 Å². The second-order valence-electron chi connectivity index (χ2n) is 9.07. The first-order chi connectivity index (χ1) is 15.9. The van der Waals surface area contributed by atoms with Crippen molar-refractivity contribution in [3.05, 3.63) is 77.6 Å². The molecule has 1 aromatic heterocycles. The van der Waals surface area contributed by atoms with E-state index in [4.69, 9.17) is 0 Å². The highest BCUT2D eigenvalue weighted by Crippen LogP contribution is 2.38. The van der Waals surface area contributed by atoms with E-state index in [0.717, 1.165) is 22.4 Å². The molecule has 3 aromatic rings. The first-order valence-corrected chi connectivity index (χ1v) is 11.6. The summed E-state index contributed by atoms with van der Waals surface area (Å²) in [7, 11) is 1.68. The van der Waals surface area contributed by atoms with Crippen molar-refractivity contribution in [2.24, 2.45) is 5.41 Å². The van der Waals surface area contributed by atoms with Gasteiger partial charge in [0.2, 0.25) is 11.8 Å². The van der Waals surface area contributed by atoms with Gasteiger partial charge in [0.15, 0.2) is 0 Å². The number of amides is 2. The molecule has 1 atom stereocenters. The number of aryl methyl sites for hydroxylation is 3. The number of hydrogen-bond donors (Lipinski definition) is 1. The van der Waals surface area contributed by atoms with Crippen molar-refractivity contribution in [1.82, 2.24) is 20.0 Å². The molecule has 0 radical (unpaired) electrons. The third-order valence-electron chi connectivity index (χ3n) is 6.76. The molecule has 4 rings (SSSR count). The van der Waals surface area contributed by atoms with Crippen molar-refractivity contribution in [2.75, 3.05) is 20.1 Å². The van der Waals surface area contributed by atoms with Gasteiger partial charge in [-0.3, -0.25) is 14.3 Å². The van der Waals surface area contributed by atoms with Gasteiger partial charge in [0.25, 0.3) is 0 Å². The molecule has 0 bridgehead atoms. The van der Waals surface area contributed by atoms with E-state index in [1.54, 1.807) is 13.2 Å². The van der Waals surface area contributed by atoms with Crippen molar-refractivity contribution in [1.29, 1.82) is 0 Å². The van der Waals surface area contributed by atoms with Crippen LogP contribution in [0.15, 0.2) is 60.8 Å². The maximum absolute atomic E-state index is 13.1. The molecule has 1 aliphatic rings. The maximum atomic E-state index is 13.1. The molecule has 0 aliphatic carbocycles. The quantitative estimate of drug-likeness (QED) is 0.603. The lowest BCUT2D eigenvalue weighted by molar-refractivity contribution is -0.133. The van der Waals surface area contributed by atoms with Gasteiger partial charge in [0, 0.05) is 45.0 Å². The molecule has 0 unspecified atom stereocenters. The summed E-state index contributed by atoms with van der Waals surface area (Å²) in [5.74, 6) is 0.0717. The molecule has 1 fully saturated rings. The van der Waals surface area contributed by atoms with E-state index < -0.39 is 5.41 Å². The summed E-state index contributed by atoms with van der Waals surface area (Å²) in [4.78, 5) is 28.0. The minimum absolute atomic E-state index is 0.000217. The fraction of sp³-hybridized carbons (Fsp3) is 0.370. The lowest BCUT2D eigenvalue weighted by Gasteiger charge is -2.29. The molecule has 1 N–H and O–H groups in total. The predicted octanol–water partition coefficient (Wildman–Crippen LogP) is 3.76. The van der Waals surface area contributed by atoms with Gasteiger partial charge in [-0.1, -0.05) is 54.1 Å². The van der Waals surface area contributed by atoms with E-state index in [9.17, 15) is 9.59 Å². The highest BCUT2D eigenvalue weighted by atomic mass is 16.2. The average molecular weight is 445 g/mol. The SMILES string of the molecule is CNC(=O)[C@@]1(Cc2ccccc2-c2cccc(C)c2)CCN(C(=O)CCn2nccc2C)C1. The fourth-order valence-corrected chi connectivity index (χ4v) is 4.89. The zero-order chi connectivity index (χ0) is 23.4. The van der Waals surface area contributed by atoms with Crippen molar-refractivity contribution >= 4 is 11.8 Å². The molecule has 172 valence electrons. The third-order valence-corrected chi connectivity index (χ3v) is 6.76. The molecule has 2 aromatic carbocycles. The number of nitrogens with zero attached hydrogens (tertiary/aromatic N) is 3. The Morgan fingerprint density at radius 3 is 2.64 bits per heavy atom. The van der Waals surface area contributed by atoms with Crippen molar-refractivity contribution in [3.8, 4) is 11.1 Å². The Hall–Kier alpha value is -3.41. The number of carbonyl (C=O) groups is 2. The van der Waals surface area contributed by atoms with E-state index in [0.29, 0.717) is 38.9 Å². The predicted molar refractivity (Wildman–Crippen MR) is 130 cm³/mol. The summed E-state index contributed by atoms with van der Waals surface area (Å²) in [5.41, 5.74) is 5.03. The van der Waals surface area contributed by atoms with Gasteiger partial charge in [0.1, 0.15) is 0 Å². The molecule has 6 heteroatoms. The van der Waals surface area contributed by atoms with Crippen LogP contribution in [0.4, 0.5) is 0 Å². The molecule has 1 aliphatic heterocycles. The van der Waals surface area contributed by atoms with Gasteiger partial charge in [-0.25, -0.2) is 0 Å². The van der Waals surface area contributed by atoms with Gasteiger partial charge in [-0.05, 0) is 49.4 Å². The Morgan fingerprint density at radius 2 is 1.91 bits per heavy atom. The van der Waals surface area contributed by atoms with Crippen LogP contribution in [0, 0.1) is 19.3 Å². The molecule has 33 heavy (non-hydrogen) atoms. The number of aromatic nitrogens is 2. The Kier molecular flexibility index (Phi) is 6.63. The molecule has 1 saturated heterocycles. The summed E-state index contributed by atoms with van der Waals surface area (Å²) < 4.78 is 1.85. The molecule has 0 spiro atoms. The Bertz CT molecular complexity index is 1150. The van der Waals surface area contributed by atoms with E-state index in [-0.39, 0.29) is 11.8 Å². The van der Waals surface area contributed by atoms with E-state index in [2.05, 4.69) is 53.7 Å². The molecular formula is C27H32N4O2. The second kappa shape index (κ2) is 9.61. The van der Waals surface area contributed by atoms with Crippen LogP contribution in [0.1, 0.15) is 29.7 Å². The van der Waals surface area contributed by atoms with Crippen molar-refractivity contribution in [2.45, 2.75) is 39.7 Å². The van der Waals surface area contributed by atoms with E-state index >= 15 is 0 Å². The monoisotopic (exact) mass is 444 g/mol. The third kappa shape index (κ3) is 4.85. The van der Waals surface area contributed by atoms with Gasteiger partial charge in [0.05, 0.1) is 5.41 Å². The van der Waals surface area contributed by atoms with Gasteiger partial charge in [-0.2, -0.15) is 5.10 Å². The topological polar surface area (TPSA) is 67.2 Å². The fourth-order valence-electron chi connectivity index (χ4n) is 4.89.